The molecule has 1 heterocycles. The first kappa shape index (κ1) is 8.30. The first-order valence-electron chi connectivity index (χ1n) is 3.54. The number of aliphatic hydroxyl groups excluding tert-OH is 1. The van der Waals surface area contributed by atoms with Crippen LogP contribution in [-0.2, 0) is 13.2 Å². The van der Waals surface area contributed by atoms with Crippen molar-refractivity contribution >= 4 is 0 Å². The van der Waals surface area contributed by atoms with E-state index in [1.54, 1.807) is 6.26 Å². The van der Waals surface area contributed by atoms with Crippen LogP contribution in [0.25, 0.3) is 0 Å². The first-order valence-corrected chi connectivity index (χ1v) is 3.54. The van der Waals surface area contributed by atoms with Crippen LogP contribution in [0.15, 0.2) is 16.7 Å². The third-order valence-corrected chi connectivity index (χ3v) is 1.36. The fraction of sp³-hybridized carbons (Fsp3) is 0.500. The molecule has 0 aromatic carbocycles. The number of rotatable bonds is 3. The average Bonchev–Trinajstić information content (AvgIpc) is 2.34. The van der Waals surface area contributed by atoms with Gasteiger partial charge in [-0.2, -0.15) is 0 Å². The van der Waals surface area contributed by atoms with Crippen LogP contribution in [0, 0.1) is 0 Å². The zero-order valence-corrected chi connectivity index (χ0v) is 6.87. The van der Waals surface area contributed by atoms with Gasteiger partial charge in [0.05, 0.1) is 6.26 Å². The van der Waals surface area contributed by atoms with Gasteiger partial charge in [0.1, 0.15) is 12.4 Å². The van der Waals surface area contributed by atoms with E-state index < -0.39 is 0 Å². The summed E-state index contributed by atoms with van der Waals surface area (Å²) in [5, 5.41) is 8.68. The van der Waals surface area contributed by atoms with E-state index in [2.05, 4.69) is 0 Å². The minimum atomic E-state index is -0.0204. The molecule has 0 aliphatic heterocycles. The molecular weight excluding hydrogens is 142 g/mol. The van der Waals surface area contributed by atoms with E-state index in [1.807, 2.05) is 25.1 Å². The van der Waals surface area contributed by atoms with Gasteiger partial charge in [0.15, 0.2) is 0 Å². The molecule has 1 N–H and O–H groups in total. The molecule has 0 bridgehead atoms. The van der Waals surface area contributed by atoms with Gasteiger partial charge in [0.2, 0.25) is 0 Å². The van der Waals surface area contributed by atoms with Crippen molar-refractivity contribution in [1.82, 2.24) is 4.90 Å². The van der Waals surface area contributed by atoms with Crippen LogP contribution in [0.5, 0.6) is 0 Å². The second kappa shape index (κ2) is 3.55. The van der Waals surface area contributed by atoms with E-state index in [0.717, 1.165) is 12.1 Å². The summed E-state index contributed by atoms with van der Waals surface area (Å²) in [5.41, 5.74) is 1.10. The van der Waals surface area contributed by atoms with Crippen molar-refractivity contribution in [3.63, 3.8) is 0 Å². The zero-order chi connectivity index (χ0) is 8.27. The van der Waals surface area contributed by atoms with Gasteiger partial charge < -0.3 is 14.4 Å². The number of hydrogen-bond donors (Lipinski definition) is 1. The van der Waals surface area contributed by atoms with Crippen LogP contribution in [0.4, 0.5) is 0 Å². The van der Waals surface area contributed by atoms with Crippen molar-refractivity contribution in [2.45, 2.75) is 13.2 Å². The summed E-state index contributed by atoms with van der Waals surface area (Å²) in [5.74, 6) is 0.627. The third kappa shape index (κ3) is 2.37. The summed E-state index contributed by atoms with van der Waals surface area (Å²) in [6.45, 7) is 0.830. The number of hydrogen-bond acceptors (Lipinski definition) is 3. The molecule has 0 spiro atoms. The van der Waals surface area contributed by atoms with Crippen molar-refractivity contribution in [1.29, 1.82) is 0 Å². The first-order chi connectivity index (χ1) is 5.22. The zero-order valence-electron chi connectivity index (χ0n) is 6.87. The third-order valence-electron chi connectivity index (χ3n) is 1.36. The summed E-state index contributed by atoms with van der Waals surface area (Å²) in [4.78, 5) is 2.05. The highest BCUT2D eigenvalue weighted by molar-refractivity contribution is 5.11. The predicted octanol–water partition coefficient (Wildman–Crippen LogP) is 0.834. The molecule has 1 rings (SSSR count). The maximum absolute atomic E-state index is 8.68. The minimum absolute atomic E-state index is 0.0204. The van der Waals surface area contributed by atoms with Crippen LogP contribution in [0.3, 0.4) is 0 Å². The molecule has 3 heteroatoms. The maximum Gasteiger partial charge on any atom is 0.129 e. The van der Waals surface area contributed by atoms with Crippen LogP contribution in [-0.4, -0.2) is 24.1 Å². The molecule has 0 fully saturated rings. The molecule has 0 unspecified atom stereocenters. The SMILES string of the molecule is CN(C)Cc1coc(CO)c1. The average molecular weight is 155 g/mol. The van der Waals surface area contributed by atoms with Crippen molar-refractivity contribution in [2.24, 2.45) is 0 Å². The summed E-state index contributed by atoms with van der Waals surface area (Å²) < 4.78 is 5.04. The Morgan fingerprint density at radius 2 is 2.27 bits per heavy atom. The predicted molar refractivity (Wildman–Crippen MR) is 42.0 cm³/mol. The van der Waals surface area contributed by atoms with Crippen molar-refractivity contribution in [3.8, 4) is 0 Å². The molecular formula is C8H13NO2. The molecule has 3 nitrogen and oxygen atoms in total. The Morgan fingerprint density at radius 1 is 1.55 bits per heavy atom. The van der Waals surface area contributed by atoms with Crippen molar-refractivity contribution < 1.29 is 9.52 Å². The Hall–Kier alpha value is -0.800. The maximum atomic E-state index is 8.68. The van der Waals surface area contributed by atoms with Crippen LogP contribution in [0.1, 0.15) is 11.3 Å². The molecule has 0 saturated heterocycles. The monoisotopic (exact) mass is 155 g/mol. The van der Waals surface area contributed by atoms with Crippen LogP contribution >= 0.6 is 0 Å². The van der Waals surface area contributed by atoms with Gasteiger partial charge >= 0.3 is 0 Å². The summed E-state index contributed by atoms with van der Waals surface area (Å²) in [6.07, 6.45) is 1.67. The molecule has 62 valence electrons. The lowest BCUT2D eigenvalue weighted by Crippen LogP contribution is -2.09. The quantitative estimate of drug-likeness (QED) is 0.702. The van der Waals surface area contributed by atoms with Gasteiger partial charge in [-0.3, -0.25) is 0 Å². The van der Waals surface area contributed by atoms with E-state index in [-0.39, 0.29) is 6.61 Å². The van der Waals surface area contributed by atoms with Crippen molar-refractivity contribution in [2.75, 3.05) is 14.1 Å². The fourth-order valence-corrected chi connectivity index (χ4v) is 0.957. The highest BCUT2D eigenvalue weighted by Crippen LogP contribution is 2.08. The Kier molecular flexibility index (Phi) is 2.68. The van der Waals surface area contributed by atoms with E-state index in [0.29, 0.717) is 5.76 Å². The van der Waals surface area contributed by atoms with E-state index in [1.165, 1.54) is 0 Å². The largest absolute Gasteiger partial charge is 0.467 e. The lowest BCUT2D eigenvalue weighted by atomic mass is 10.3. The Morgan fingerprint density at radius 3 is 2.73 bits per heavy atom. The molecule has 0 amide bonds. The second-order valence-corrected chi connectivity index (χ2v) is 2.82. The molecule has 0 aliphatic rings. The van der Waals surface area contributed by atoms with Gasteiger partial charge in [0.25, 0.3) is 0 Å². The minimum Gasteiger partial charge on any atom is -0.467 e. The molecule has 1 aromatic heterocycles. The van der Waals surface area contributed by atoms with Crippen LogP contribution < -0.4 is 0 Å². The lowest BCUT2D eigenvalue weighted by molar-refractivity contribution is 0.247. The smallest absolute Gasteiger partial charge is 0.129 e. The molecule has 0 radical (unpaired) electrons. The molecule has 0 atom stereocenters. The number of furan rings is 1. The van der Waals surface area contributed by atoms with Gasteiger partial charge in [-0.05, 0) is 20.2 Å². The van der Waals surface area contributed by atoms with Gasteiger partial charge in [-0.25, -0.2) is 0 Å². The van der Waals surface area contributed by atoms with E-state index >= 15 is 0 Å². The molecule has 11 heavy (non-hydrogen) atoms. The fourth-order valence-electron chi connectivity index (χ4n) is 0.957. The Bertz CT molecular complexity index is 218. The van der Waals surface area contributed by atoms with E-state index in [4.69, 9.17) is 9.52 Å². The Labute approximate surface area is 66.2 Å². The highest BCUT2D eigenvalue weighted by atomic mass is 16.4. The Balaban J connectivity index is 2.58. The molecule has 1 aromatic rings. The topological polar surface area (TPSA) is 36.6 Å². The number of nitrogens with zero attached hydrogens (tertiary/aromatic N) is 1. The molecule has 0 aliphatic carbocycles. The van der Waals surface area contributed by atoms with Gasteiger partial charge in [0, 0.05) is 12.1 Å². The van der Waals surface area contributed by atoms with E-state index in [9.17, 15) is 0 Å². The van der Waals surface area contributed by atoms with Crippen LogP contribution in [0.2, 0.25) is 0 Å². The van der Waals surface area contributed by atoms with Crippen molar-refractivity contribution in [3.05, 3.63) is 23.7 Å². The standard InChI is InChI=1S/C8H13NO2/c1-9(2)4-7-3-8(5-10)11-6-7/h3,6,10H,4-5H2,1-2H3. The summed E-state index contributed by atoms with van der Waals surface area (Å²) >= 11 is 0. The van der Waals surface area contributed by atoms with Gasteiger partial charge in [-0.15, -0.1) is 0 Å². The highest BCUT2D eigenvalue weighted by Gasteiger charge is 2.00. The lowest BCUT2D eigenvalue weighted by Gasteiger charge is -2.05. The molecule has 0 saturated carbocycles. The second-order valence-electron chi connectivity index (χ2n) is 2.82. The normalized spacial score (nSPS) is 10.9. The van der Waals surface area contributed by atoms with Gasteiger partial charge in [-0.1, -0.05) is 0 Å². The summed E-state index contributed by atoms with van der Waals surface area (Å²) in [6, 6.07) is 1.86. The number of aliphatic hydroxyl groups is 1. The summed E-state index contributed by atoms with van der Waals surface area (Å²) in [7, 11) is 3.98.